The molecule has 0 saturated heterocycles. The van der Waals surface area contributed by atoms with Crippen molar-refractivity contribution >= 4 is 29.9 Å². The minimum absolute atomic E-state index is 0. The predicted molar refractivity (Wildman–Crippen MR) is 85.4 cm³/mol. The lowest BCUT2D eigenvalue weighted by molar-refractivity contribution is 0.143. The largest absolute Gasteiger partial charge is 0.382 e. The Kier molecular flexibility index (Phi) is 12.6. The van der Waals surface area contributed by atoms with Gasteiger partial charge in [-0.3, -0.25) is 4.99 Å². The highest BCUT2D eigenvalue weighted by molar-refractivity contribution is 14.0. The standard InChI is InChI=1S/C12H27N3O.HI/c1-6-16-10-8-7-9-14-11(13-5)15-12(2,3)4;/h6-10H2,1-5H3,(H2,13,14,15);1H. The lowest BCUT2D eigenvalue weighted by Crippen LogP contribution is -2.47. The highest BCUT2D eigenvalue weighted by atomic mass is 127. The summed E-state index contributed by atoms with van der Waals surface area (Å²) in [7, 11) is 1.79. The van der Waals surface area contributed by atoms with Crippen molar-refractivity contribution in [3.05, 3.63) is 0 Å². The number of hydrogen-bond donors (Lipinski definition) is 2. The number of nitrogens with one attached hydrogen (secondary N) is 2. The molecule has 0 heterocycles. The van der Waals surface area contributed by atoms with Crippen LogP contribution in [0.3, 0.4) is 0 Å². The van der Waals surface area contributed by atoms with Crippen molar-refractivity contribution < 1.29 is 4.74 Å². The van der Waals surface area contributed by atoms with Crippen LogP contribution >= 0.6 is 24.0 Å². The summed E-state index contributed by atoms with van der Waals surface area (Å²) in [6.07, 6.45) is 2.19. The van der Waals surface area contributed by atoms with E-state index in [-0.39, 0.29) is 29.5 Å². The molecule has 0 aliphatic rings. The zero-order chi connectivity index (χ0) is 12.4. The van der Waals surface area contributed by atoms with E-state index < -0.39 is 0 Å². The van der Waals surface area contributed by atoms with Crippen LogP contribution in [0.15, 0.2) is 4.99 Å². The van der Waals surface area contributed by atoms with Crippen LogP contribution in [-0.4, -0.2) is 38.3 Å². The van der Waals surface area contributed by atoms with Gasteiger partial charge in [-0.1, -0.05) is 0 Å². The van der Waals surface area contributed by atoms with Crippen molar-refractivity contribution in [2.75, 3.05) is 26.8 Å². The molecule has 0 aliphatic carbocycles. The number of guanidine groups is 1. The molecule has 5 heteroatoms. The summed E-state index contributed by atoms with van der Waals surface area (Å²) in [5, 5.41) is 6.60. The molecule has 0 fully saturated rings. The molecule has 17 heavy (non-hydrogen) atoms. The molecular weight excluding hydrogens is 329 g/mol. The average molecular weight is 357 g/mol. The highest BCUT2D eigenvalue weighted by Gasteiger charge is 2.10. The predicted octanol–water partition coefficient (Wildman–Crippen LogP) is 2.38. The number of halogens is 1. The van der Waals surface area contributed by atoms with E-state index in [4.69, 9.17) is 4.74 Å². The zero-order valence-electron chi connectivity index (χ0n) is 11.8. The Bertz CT molecular complexity index is 202. The second kappa shape index (κ2) is 11.1. The van der Waals surface area contributed by atoms with E-state index in [1.807, 2.05) is 6.92 Å². The number of ether oxygens (including phenoxy) is 1. The fourth-order valence-electron chi connectivity index (χ4n) is 1.21. The Morgan fingerprint density at radius 2 is 1.88 bits per heavy atom. The summed E-state index contributed by atoms with van der Waals surface area (Å²) in [6, 6.07) is 0. The lowest BCUT2D eigenvalue weighted by Gasteiger charge is -2.23. The van der Waals surface area contributed by atoms with Crippen LogP contribution in [0.4, 0.5) is 0 Å². The van der Waals surface area contributed by atoms with E-state index in [9.17, 15) is 0 Å². The molecule has 4 nitrogen and oxygen atoms in total. The van der Waals surface area contributed by atoms with Gasteiger partial charge in [0.25, 0.3) is 0 Å². The van der Waals surface area contributed by atoms with Crippen LogP contribution in [0, 0.1) is 0 Å². The molecule has 0 spiro atoms. The van der Waals surface area contributed by atoms with Gasteiger partial charge in [0.15, 0.2) is 5.96 Å². The zero-order valence-corrected chi connectivity index (χ0v) is 14.1. The van der Waals surface area contributed by atoms with Crippen molar-refractivity contribution in [3.63, 3.8) is 0 Å². The first-order chi connectivity index (χ1) is 7.49. The fraction of sp³-hybridized carbons (Fsp3) is 0.917. The van der Waals surface area contributed by atoms with Crippen LogP contribution in [0.25, 0.3) is 0 Å². The van der Waals surface area contributed by atoms with Gasteiger partial charge in [0.1, 0.15) is 0 Å². The summed E-state index contributed by atoms with van der Waals surface area (Å²) >= 11 is 0. The molecule has 0 atom stereocenters. The van der Waals surface area contributed by atoms with Gasteiger partial charge in [0.05, 0.1) is 0 Å². The molecule has 0 radical (unpaired) electrons. The van der Waals surface area contributed by atoms with E-state index in [0.717, 1.165) is 38.6 Å². The molecule has 0 bridgehead atoms. The number of nitrogens with zero attached hydrogens (tertiary/aromatic N) is 1. The van der Waals surface area contributed by atoms with Gasteiger partial charge in [0.2, 0.25) is 0 Å². The molecule has 104 valence electrons. The first kappa shape index (κ1) is 19.3. The normalized spacial score (nSPS) is 11.9. The number of unbranched alkanes of at least 4 members (excludes halogenated alkanes) is 1. The molecular formula is C12H28IN3O. The molecule has 0 aromatic heterocycles. The Hall–Kier alpha value is -0.0400. The quantitative estimate of drug-likeness (QED) is 0.332. The van der Waals surface area contributed by atoms with Gasteiger partial charge < -0.3 is 15.4 Å². The molecule has 0 saturated carbocycles. The van der Waals surface area contributed by atoms with Crippen LogP contribution in [0.5, 0.6) is 0 Å². The van der Waals surface area contributed by atoms with E-state index in [2.05, 4.69) is 36.4 Å². The minimum atomic E-state index is 0. The van der Waals surface area contributed by atoms with Gasteiger partial charge in [-0.25, -0.2) is 0 Å². The molecule has 0 rings (SSSR count). The van der Waals surface area contributed by atoms with Gasteiger partial charge in [-0.15, -0.1) is 24.0 Å². The molecule has 0 amide bonds. The topological polar surface area (TPSA) is 45.6 Å². The molecule has 2 N–H and O–H groups in total. The maximum atomic E-state index is 5.27. The van der Waals surface area contributed by atoms with Gasteiger partial charge in [0, 0.05) is 32.3 Å². The molecule has 0 aromatic carbocycles. The van der Waals surface area contributed by atoms with Gasteiger partial charge in [-0.05, 0) is 40.5 Å². The van der Waals surface area contributed by atoms with E-state index in [0.29, 0.717) is 0 Å². The van der Waals surface area contributed by atoms with Crippen molar-refractivity contribution in [2.24, 2.45) is 4.99 Å². The third kappa shape index (κ3) is 13.9. The minimum Gasteiger partial charge on any atom is -0.382 e. The van der Waals surface area contributed by atoms with Crippen LogP contribution in [-0.2, 0) is 4.74 Å². The Morgan fingerprint density at radius 3 is 2.35 bits per heavy atom. The molecule has 0 aliphatic heterocycles. The molecule has 0 aromatic rings. The van der Waals surface area contributed by atoms with Gasteiger partial charge >= 0.3 is 0 Å². The van der Waals surface area contributed by atoms with Crippen molar-refractivity contribution in [1.82, 2.24) is 10.6 Å². The summed E-state index contributed by atoms with van der Waals surface area (Å²) < 4.78 is 5.27. The summed E-state index contributed by atoms with van der Waals surface area (Å²) in [5.41, 5.74) is 0.0488. The smallest absolute Gasteiger partial charge is 0.191 e. The summed E-state index contributed by atoms with van der Waals surface area (Å²) in [4.78, 5) is 4.17. The van der Waals surface area contributed by atoms with E-state index in [1.54, 1.807) is 7.05 Å². The monoisotopic (exact) mass is 357 g/mol. The fourth-order valence-corrected chi connectivity index (χ4v) is 1.21. The van der Waals surface area contributed by atoms with Gasteiger partial charge in [-0.2, -0.15) is 0 Å². The number of rotatable bonds is 6. The van der Waals surface area contributed by atoms with Crippen LogP contribution < -0.4 is 10.6 Å². The summed E-state index contributed by atoms with van der Waals surface area (Å²) in [6.45, 7) is 11.0. The third-order valence-electron chi connectivity index (χ3n) is 1.93. The highest BCUT2D eigenvalue weighted by Crippen LogP contribution is 1.97. The van der Waals surface area contributed by atoms with Crippen molar-refractivity contribution in [1.29, 1.82) is 0 Å². The maximum absolute atomic E-state index is 5.27. The first-order valence-electron chi connectivity index (χ1n) is 6.06. The lowest BCUT2D eigenvalue weighted by atomic mass is 10.1. The Labute approximate surface area is 123 Å². The Morgan fingerprint density at radius 1 is 1.24 bits per heavy atom. The average Bonchev–Trinajstić information content (AvgIpc) is 2.19. The third-order valence-corrected chi connectivity index (χ3v) is 1.93. The number of hydrogen-bond acceptors (Lipinski definition) is 2. The van der Waals surface area contributed by atoms with Crippen LogP contribution in [0.1, 0.15) is 40.5 Å². The van der Waals surface area contributed by atoms with E-state index >= 15 is 0 Å². The van der Waals surface area contributed by atoms with E-state index in [1.165, 1.54) is 0 Å². The second-order valence-electron chi connectivity index (χ2n) is 4.78. The number of aliphatic imine (C=N–C) groups is 1. The van der Waals surface area contributed by atoms with Crippen LogP contribution in [0.2, 0.25) is 0 Å². The Balaban J connectivity index is 0. The van der Waals surface area contributed by atoms with Crippen molar-refractivity contribution in [3.8, 4) is 0 Å². The second-order valence-corrected chi connectivity index (χ2v) is 4.78. The first-order valence-corrected chi connectivity index (χ1v) is 6.06. The van der Waals surface area contributed by atoms with Crippen molar-refractivity contribution in [2.45, 2.75) is 46.1 Å². The SMILES string of the molecule is CCOCCCCNC(=NC)NC(C)(C)C.I. The summed E-state index contributed by atoms with van der Waals surface area (Å²) in [5.74, 6) is 0.865. The molecule has 0 unspecified atom stereocenters. The maximum Gasteiger partial charge on any atom is 0.191 e.